The van der Waals surface area contributed by atoms with E-state index in [4.69, 9.17) is 9.72 Å². The number of rotatable bonds is 5. The average Bonchev–Trinajstić information content (AvgIpc) is 2.65. The number of methoxy groups -OCH3 is 1. The van der Waals surface area contributed by atoms with E-state index in [1.54, 1.807) is 7.11 Å². The van der Waals surface area contributed by atoms with Gasteiger partial charge in [-0.25, -0.2) is 4.98 Å². The van der Waals surface area contributed by atoms with Gasteiger partial charge in [-0.05, 0) is 18.3 Å². The van der Waals surface area contributed by atoms with Crippen molar-refractivity contribution in [3.63, 3.8) is 0 Å². The third kappa shape index (κ3) is 3.37. The molecular weight excluding hydrogens is 238 g/mol. The van der Waals surface area contributed by atoms with Crippen LogP contribution in [0, 0.1) is 5.41 Å². The van der Waals surface area contributed by atoms with Gasteiger partial charge in [-0.15, -0.1) is 0 Å². The molecule has 4 nitrogen and oxygen atoms in total. The lowest BCUT2D eigenvalue weighted by atomic mass is 9.66. The highest BCUT2D eigenvalue weighted by atomic mass is 16.5. The van der Waals surface area contributed by atoms with Crippen LogP contribution in [0.3, 0.4) is 0 Å². The number of fused-ring (bicyclic) bond motifs is 1. The smallest absolute Gasteiger partial charge is 0.120 e. The van der Waals surface area contributed by atoms with Gasteiger partial charge in [0, 0.05) is 24.8 Å². The molecule has 0 amide bonds. The van der Waals surface area contributed by atoms with Crippen LogP contribution in [0.1, 0.15) is 51.3 Å². The van der Waals surface area contributed by atoms with Crippen molar-refractivity contribution < 1.29 is 4.74 Å². The minimum absolute atomic E-state index is 0.165. The Morgan fingerprint density at radius 2 is 2.05 bits per heavy atom. The minimum Gasteiger partial charge on any atom is -0.383 e. The fraction of sp³-hybridized carbons (Fsp3) is 0.800. The topological polar surface area (TPSA) is 49.9 Å². The molecule has 0 aromatic carbocycles. The van der Waals surface area contributed by atoms with E-state index in [2.05, 4.69) is 38.0 Å². The fourth-order valence-corrected chi connectivity index (χ4v) is 3.44. The monoisotopic (exact) mass is 265 g/mol. The molecule has 0 atom stereocenters. The van der Waals surface area contributed by atoms with Gasteiger partial charge in [-0.1, -0.05) is 27.7 Å². The van der Waals surface area contributed by atoms with Crippen LogP contribution in [0.15, 0.2) is 0 Å². The molecule has 1 aliphatic carbocycles. The average molecular weight is 265 g/mol. The van der Waals surface area contributed by atoms with Crippen LogP contribution >= 0.6 is 0 Å². The lowest BCUT2D eigenvalue weighted by molar-refractivity contribution is 0.199. The minimum atomic E-state index is 0.165. The largest absolute Gasteiger partial charge is 0.383 e. The predicted octanol–water partition coefficient (Wildman–Crippen LogP) is 2.40. The second-order valence-electron chi connectivity index (χ2n) is 7.08. The van der Waals surface area contributed by atoms with Gasteiger partial charge in [-0.3, -0.25) is 0 Å². The van der Waals surface area contributed by atoms with Crippen molar-refractivity contribution in [1.82, 2.24) is 15.3 Å². The Morgan fingerprint density at radius 1 is 1.32 bits per heavy atom. The molecule has 2 N–H and O–H groups in total. The Hall–Kier alpha value is -0.870. The fourth-order valence-electron chi connectivity index (χ4n) is 3.44. The molecule has 0 aliphatic heterocycles. The number of hydrogen-bond donors (Lipinski definition) is 2. The van der Waals surface area contributed by atoms with Gasteiger partial charge in [0.1, 0.15) is 5.82 Å². The van der Waals surface area contributed by atoms with E-state index >= 15 is 0 Å². The maximum Gasteiger partial charge on any atom is 0.120 e. The summed E-state index contributed by atoms with van der Waals surface area (Å²) in [4.78, 5) is 8.32. The molecule has 2 rings (SSSR count). The van der Waals surface area contributed by atoms with Crippen molar-refractivity contribution in [2.75, 3.05) is 20.3 Å². The van der Waals surface area contributed by atoms with Crippen molar-refractivity contribution in [2.24, 2.45) is 5.41 Å². The molecule has 4 heteroatoms. The Bertz CT molecular complexity index is 435. The maximum absolute atomic E-state index is 5.03. The summed E-state index contributed by atoms with van der Waals surface area (Å²) < 4.78 is 5.03. The summed E-state index contributed by atoms with van der Waals surface area (Å²) in [6.07, 6.45) is 2.28. The quantitative estimate of drug-likeness (QED) is 0.804. The Kier molecular flexibility index (Phi) is 4.02. The van der Waals surface area contributed by atoms with Crippen molar-refractivity contribution in [3.05, 3.63) is 17.2 Å². The SMILES string of the molecule is COCCNCc1nc2c([nH]1)CC(C)(C)CC2(C)C. The zero-order chi connectivity index (χ0) is 14.1. The Balaban J connectivity index is 2.09. The van der Waals surface area contributed by atoms with Gasteiger partial charge >= 0.3 is 0 Å². The first-order valence-electron chi connectivity index (χ1n) is 7.12. The van der Waals surface area contributed by atoms with Crippen LogP contribution in [0.4, 0.5) is 0 Å². The molecule has 0 fully saturated rings. The van der Waals surface area contributed by atoms with Crippen molar-refractivity contribution in [3.8, 4) is 0 Å². The number of imidazole rings is 1. The van der Waals surface area contributed by atoms with E-state index in [0.717, 1.165) is 31.9 Å². The molecule has 1 aromatic rings. The highest BCUT2D eigenvalue weighted by Gasteiger charge is 2.39. The van der Waals surface area contributed by atoms with E-state index in [-0.39, 0.29) is 5.41 Å². The molecule has 0 unspecified atom stereocenters. The number of nitrogens with one attached hydrogen (secondary N) is 2. The van der Waals surface area contributed by atoms with E-state index in [9.17, 15) is 0 Å². The molecular formula is C15H27N3O. The normalized spacial score (nSPS) is 20.3. The van der Waals surface area contributed by atoms with E-state index in [0.29, 0.717) is 5.41 Å². The molecule has 0 saturated carbocycles. The van der Waals surface area contributed by atoms with Crippen molar-refractivity contribution in [1.29, 1.82) is 0 Å². The van der Waals surface area contributed by atoms with Crippen LogP contribution in [0.25, 0.3) is 0 Å². The molecule has 1 aromatic heterocycles. The van der Waals surface area contributed by atoms with Gasteiger partial charge in [-0.2, -0.15) is 0 Å². The first-order chi connectivity index (χ1) is 8.84. The predicted molar refractivity (Wildman–Crippen MR) is 77.3 cm³/mol. The zero-order valence-electron chi connectivity index (χ0n) is 12.9. The Labute approximate surface area is 116 Å². The summed E-state index contributed by atoms with van der Waals surface area (Å²) >= 11 is 0. The van der Waals surface area contributed by atoms with Crippen molar-refractivity contribution in [2.45, 2.75) is 52.5 Å². The number of H-pyrrole nitrogens is 1. The van der Waals surface area contributed by atoms with E-state index in [1.807, 2.05) is 0 Å². The molecule has 0 bridgehead atoms. The Morgan fingerprint density at radius 3 is 2.74 bits per heavy atom. The third-order valence-corrected chi connectivity index (χ3v) is 3.82. The number of hydrogen-bond acceptors (Lipinski definition) is 3. The zero-order valence-corrected chi connectivity index (χ0v) is 12.9. The summed E-state index contributed by atoms with van der Waals surface area (Å²) in [6, 6.07) is 0. The number of ether oxygens (including phenoxy) is 1. The highest BCUT2D eigenvalue weighted by Crippen LogP contribution is 2.44. The molecule has 1 aliphatic rings. The summed E-state index contributed by atoms with van der Waals surface area (Å²) in [7, 11) is 1.72. The molecule has 19 heavy (non-hydrogen) atoms. The summed E-state index contributed by atoms with van der Waals surface area (Å²) in [5.41, 5.74) is 3.10. The lowest BCUT2D eigenvalue weighted by Gasteiger charge is -2.39. The second-order valence-corrected chi connectivity index (χ2v) is 7.08. The molecule has 0 saturated heterocycles. The summed E-state index contributed by atoms with van der Waals surface area (Å²) in [6.45, 7) is 11.7. The van der Waals surface area contributed by atoms with E-state index < -0.39 is 0 Å². The van der Waals surface area contributed by atoms with Gasteiger partial charge in [0.15, 0.2) is 0 Å². The molecule has 108 valence electrons. The third-order valence-electron chi connectivity index (χ3n) is 3.82. The standard InChI is InChI=1S/C15H27N3O/c1-14(2)8-11-13(15(3,4)10-14)18-12(17-11)9-16-6-7-19-5/h16H,6-10H2,1-5H3,(H,17,18). The van der Waals surface area contributed by atoms with Gasteiger partial charge in [0.25, 0.3) is 0 Å². The maximum atomic E-state index is 5.03. The second kappa shape index (κ2) is 5.25. The lowest BCUT2D eigenvalue weighted by Crippen LogP contribution is -2.34. The van der Waals surface area contributed by atoms with Crippen LogP contribution in [-0.4, -0.2) is 30.2 Å². The summed E-state index contributed by atoms with van der Waals surface area (Å²) in [5, 5.41) is 3.34. The van der Waals surface area contributed by atoms with Crippen LogP contribution in [-0.2, 0) is 23.1 Å². The van der Waals surface area contributed by atoms with Crippen LogP contribution in [0.2, 0.25) is 0 Å². The van der Waals surface area contributed by atoms with Gasteiger partial charge in [0.2, 0.25) is 0 Å². The highest BCUT2D eigenvalue weighted by molar-refractivity contribution is 5.28. The molecule has 0 spiro atoms. The van der Waals surface area contributed by atoms with Crippen LogP contribution < -0.4 is 5.32 Å². The first kappa shape index (κ1) is 14.5. The molecule has 1 heterocycles. The molecule has 0 radical (unpaired) electrons. The van der Waals surface area contributed by atoms with Crippen LogP contribution in [0.5, 0.6) is 0 Å². The van der Waals surface area contributed by atoms with Gasteiger partial charge < -0.3 is 15.0 Å². The first-order valence-corrected chi connectivity index (χ1v) is 7.12. The van der Waals surface area contributed by atoms with Gasteiger partial charge in [0.05, 0.1) is 18.8 Å². The number of nitrogens with zero attached hydrogens (tertiary/aromatic N) is 1. The summed E-state index contributed by atoms with van der Waals surface area (Å²) in [5.74, 6) is 1.05. The number of aromatic amines is 1. The van der Waals surface area contributed by atoms with E-state index in [1.165, 1.54) is 17.8 Å². The number of aromatic nitrogens is 2. The van der Waals surface area contributed by atoms with Crippen molar-refractivity contribution >= 4 is 0 Å².